The second-order valence-electron chi connectivity index (χ2n) is 11.2. The summed E-state index contributed by atoms with van der Waals surface area (Å²) in [6.45, 7) is 22.0. The highest BCUT2D eigenvalue weighted by Crippen LogP contribution is 2.37. The van der Waals surface area contributed by atoms with Crippen LogP contribution in [0.25, 0.3) is 0 Å². The number of benzene rings is 2. The van der Waals surface area contributed by atoms with Crippen LogP contribution in [0.3, 0.4) is 0 Å². The van der Waals surface area contributed by atoms with Gasteiger partial charge in [-0.25, -0.2) is 0 Å². The lowest BCUT2D eigenvalue weighted by Gasteiger charge is -2.30. The molecule has 2 aliphatic heterocycles. The number of aryl methyl sites for hydroxylation is 6. The van der Waals surface area contributed by atoms with Crippen molar-refractivity contribution in [2.45, 2.75) is 99.1 Å². The molecule has 0 spiro atoms. The van der Waals surface area contributed by atoms with E-state index in [9.17, 15) is 0 Å². The van der Waals surface area contributed by atoms with E-state index < -0.39 is 8.56 Å². The molecule has 0 bridgehead atoms. The monoisotopic (exact) mass is 480 g/mol. The largest absolute Gasteiger partial charge is 0.389 e. The van der Waals surface area contributed by atoms with Gasteiger partial charge in [0.1, 0.15) is 0 Å². The number of hydrogen-bond acceptors (Lipinski definition) is 4. The smallest absolute Gasteiger partial charge is 0.335 e. The average molecular weight is 481 g/mol. The van der Waals surface area contributed by atoms with E-state index in [2.05, 4.69) is 96.0 Å². The predicted octanol–water partition coefficient (Wildman–Crippen LogP) is 6.87. The molecule has 4 rings (SSSR count). The molecule has 0 saturated carbocycles. The fourth-order valence-corrected chi connectivity index (χ4v) is 9.55. The molecule has 0 N–H and O–H groups in total. The summed E-state index contributed by atoms with van der Waals surface area (Å²) < 4.78 is 12.6. The van der Waals surface area contributed by atoms with Crippen LogP contribution >= 0.6 is 0 Å². The first-order valence-electron chi connectivity index (χ1n) is 13.0. The lowest BCUT2D eigenvalue weighted by molar-refractivity contribution is 0.187. The number of nitrogens with zero attached hydrogens (tertiary/aromatic N) is 2. The SMILES string of the molecule is Cc1cc(C)c(N2CC(CCC[Si]3(C)OC(C)C(C)O3)N(c3c(C)cc(C)cc3C)C2)c(C)c1. The molecule has 0 aromatic heterocycles. The van der Waals surface area contributed by atoms with E-state index in [4.69, 9.17) is 8.85 Å². The van der Waals surface area contributed by atoms with Gasteiger partial charge in [-0.3, -0.25) is 0 Å². The Morgan fingerprint density at radius 2 is 1.26 bits per heavy atom. The van der Waals surface area contributed by atoms with Crippen molar-refractivity contribution < 1.29 is 8.85 Å². The van der Waals surface area contributed by atoms with Gasteiger partial charge in [0.15, 0.2) is 0 Å². The van der Waals surface area contributed by atoms with Gasteiger partial charge >= 0.3 is 8.56 Å². The van der Waals surface area contributed by atoms with Gasteiger partial charge in [-0.15, -0.1) is 0 Å². The molecule has 186 valence electrons. The highest BCUT2D eigenvalue weighted by atomic mass is 28.4. The molecule has 0 radical (unpaired) electrons. The van der Waals surface area contributed by atoms with Crippen LogP contribution in [-0.2, 0) is 8.85 Å². The molecule has 5 heteroatoms. The molecule has 4 nitrogen and oxygen atoms in total. The molecule has 2 heterocycles. The molecule has 34 heavy (non-hydrogen) atoms. The van der Waals surface area contributed by atoms with Crippen LogP contribution < -0.4 is 9.80 Å². The normalized spacial score (nSPS) is 27.1. The summed E-state index contributed by atoms with van der Waals surface area (Å²) in [5, 5.41) is 0. The van der Waals surface area contributed by atoms with Crippen molar-refractivity contribution in [2.24, 2.45) is 0 Å². The van der Waals surface area contributed by atoms with Crippen LogP contribution in [0.15, 0.2) is 24.3 Å². The maximum absolute atomic E-state index is 6.31. The van der Waals surface area contributed by atoms with E-state index in [0.29, 0.717) is 6.04 Å². The van der Waals surface area contributed by atoms with Crippen molar-refractivity contribution in [3.05, 3.63) is 57.6 Å². The molecule has 2 aromatic rings. The molecule has 3 unspecified atom stereocenters. The van der Waals surface area contributed by atoms with Crippen molar-refractivity contribution >= 4 is 19.9 Å². The Bertz CT molecular complexity index is 996. The second-order valence-corrected chi connectivity index (χ2v) is 14.4. The molecule has 2 fully saturated rings. The van der Waals surface area contributed by atoms with Gasteiger partial charge in [-0.2, -0.15) is 0 Å². The lowest BCUT2D eigenvalue weighted by Crippen LogP contribution is -2.35. The summed E-state index contributed by atoms with van der Waals surface area (Å²) in [7, 11) is -2.05. The van der Waals surface area contributed by atoms with Gasteiger partial charge in [0, 0.05) is 24.0 Å². The first-order chi connectivity index (χ1) is 16.0. The Balaban J connectivity index is 1.59. The molecule has 2 aliphatic rings. The van der Waals surface area contributed by atoms with E-state index in [1.807, 2.05) is 0 Å². The fraction of sp³-hybridized carbons (Fsp3) is 0.586. The van der Waals surface area contributed by atoms with Crippen molar-refractivity contribution in [2.75, 3.05) is 23.0 Å². The molecule has 3 atom stereocenters. The van der Waals surface area contributed by atoms with Gasteiger partial charge in [-0.1, -0.05) is 35.4 Å². The summed E-state index contributed by atoms with van der Waals surface area (Å²) in [6, 6.07) is 10.9. The Morgan fingerprint density at radius 1 is 0.794 bits per heavy atom. The van der Waals surface area contributed by atoms with Crippen LogP contribution in [-0.4, -0.2) is 40.0 Å². The Morgan fingerprint density at radius 3 is 1.76 bits per heavy atom. The van der Waals surface area contributed by atoms with E-state index in [0.717, 1.165) is 32.1 Å². The van der Waals surface area contributed by atoms with Crippen LogP contribution in [0.1, 0.15) is 60.1 Å². The highest BCUT2D eigenvalue weighted by Gasteiger charge is 2.43. The van der Waals surface area contributed by atoms with Crippen molar-refractivity contribution in [1.82, 2.24) is 0 Å². The fourth-order valence-electron chi connectivity index (χ4n) is 6.45. The van der Waals surface area contributed by atoms with Crippen molar-refractivity contribution in [3.8, 4) is 0 Å². The topological polar surface area (TPSA) is 24.9 Å². The summed E-state index contributed by atoms with van der Waals surface area (Å²) >= 11 is 0. The third-order valence-electron chi connectivity index (χ3n) is 7.77. The third-order valence-corrected chi connectivity index (χ3v) is 10.8. The Labute approximate surface area is 208 Å². The van der Waals surface area contributed by atoms with Crippen LogP contribution in [0.5, 0.6) is 0 Å². The summed E-state index contributed by atoms with van der Waals surface area (Å²) in [4.78, 5) is 5.29. The van der Waals surface area contributed by atoms with Crippen LogP contribution in [0.4, 0.5) is 11.4 Å². The average Bonchev–Trinajstić information content (AvgIpc) is 3.20. The van der Waals surface area contributed by atoms with E-state index in [1.165, 1.54) is 44.8 Å². The zero-order chi connectivity index (χ0) is 24.8. The molecule has 0 aliphatic carbocycles. The van der Waals surface area contributed by atoms with Gasteiger partial charge in [0.05, 0.1) is 18.9 Å². The minimum absolute atomic E-state index is 0.223. The minimum Gasteiger partial charge on any atom is -0.389 e. The van der Waals surface area contributed by atoms with Crippen molar-refractivity contribution in [3.63, 3.8) is 0 Å². The zero-order valence-corrected chi connectivity index (χ0v) is 23.8. The number of hydrogen-bond donors (Lipinski definition) is 0. The quantitative estimate of drug-likeness (QED) is 0.421. The summed E-state index contributed by atoms with van der Waals surface area (Å²) in [6.07, 6.45) is 2.75. The van der Waals surface area contributed by atoms with E-state index in [1.54, 1.807) is 0 Å². The maximum Gasteiger partial charge on any atom is 0.335 e. The van der Waals surface area contributed by atoms with E-state index in [-0.39, 0.29) is 12.2 Å². The summed E-state index contributed by atoms with van der Waals surface area (Å²) in [5.74, 6) is 0. The van der Waals surface area contributed by atoms with Crippen LogP contribution in [0.2, 0.25) is 12.6 Å². The standard InChI is InChI=1S/C29H44N2O2Si/c1-19-13-21(3)28(22(4)14-19)30-17-27(11-10-12-34(9)32-25(7)26(8)33-34)31(18-30)29-23(5)15-20(2)16-24(29)6/h13-16,25-27H,10-12,17-18H2,1-9H3. The van der Waals surface area contributed by atoms with Gasteiger partial charge < -0.3 is 18.7 Å². The second kappa shape index (κ2) is 9.67. The van der Waals surface area contributed by atoms with Crippen molar-refractivity contribution in [1.29, 1.82) is 0 Å². The van der Waals surface area contributed by atoms with Crippen LogP contribution in [0, 0.1) is 41.5 Å². The first-order valence-corrected chi connectivity index (χ1v) is 15.5. The lowest BCUT2D eigenvalue weighted by atomic mass is 10.0. The van der Waals surface area contributed by atoms with E-state index >= 15 is 0 Å². The molecule has 0 amide bonds. The molecular weight excluding hydrogens is 436 g/mol. The zero-order valence-electron chi connectivity index (χ0n) is 22.8. The number of rotatable bonds is 6. The first kappa shape index (κ1) is 25.3. The minimum atomic E-state index is -2.05. The van der Waals surface area contributed by atoms with Gasteiger partial charge in [-0.05, 0) is 103 Å². The maximum atomic E-state index is 6.31. The molecule has 2 aromatic carbocycles. The highest BCUT2D eigenvalue weighted by molar-refractivity contribution is 6.66. The summed E-state index contributed by atoms with van der Waals surface area (Å²) in [5.41, 5.74) is 11.0. The Kier molecular flexibility index (Phi) is 7.19. The predicted molar refractivity (Wildman–Crippen MR) is 147 cm³/mol. The van der Waals surface area contributed by atoms with Gasteiger partial charge in [0.25, 0.3) is 0 Å². The molecular formula is C29H44N2O2Si. The third kappa shape index (κ3) is 5.07. The molecule has 2 saturated heterocycles. The Hall–Kier alpha value is -1.82. The number of anilines is 2. The van der Waals surface area contributed by atoms with Gasteiger partial charge in [0.2, 0.25) is 0 Å².